The second-order valence-corrected chi connectivity index (χ2v) is 12.5. The molecule has 46 heavy (non-hydrogen) atoms. The zero-order valence-corrected chi connectivity index (χ0v) is 26.9. The van der Waals surface area contributed by atoms with Crippen LogP contribution in [0.4, 0.5) is 0 Å². The van der Waals surface area contributed by atoms with Crippen LogP contribution in [-0.2, 0) is 44.3 Å². The van der Waals surface area contributed by atoms with Crippen molar-refractivity contribution >= 4 is 43.3 Å². The number of hydrogen-bond acceptors (Lipinski definition) is 10. The third-order valence-corrected chi connectivity index (χ3v) is 7.71. The first-order valence-electron chi connectivity index (χ1n) is 14.5. The number of phosphoric ester groups is 1. The summed E-state index contributed by atoms with van der Waals surface area (Å²) in [6.45, 7) is 5.50. The molecule has 20 heteroatoms. The number of likely N-dealkylation sites (tertiary alicyclic amines) is 1. The van der Waals surface area contributed by atoms with Crippen molar-refractivity contribution in [2.45, 2.75) is 89.7 Å². The number of aliphatic hydroxyl groups excluding tert-OH is 1. The predicted molar refractivity (Wildman–Crippen MR) is 159 cm³/mol. The molecule has 6 amide bonds. The van der Waals surface area contributed by atoms with Gasteiger partial charge in [0.1, 0.15) is 30.2 Å². The molecule has 0 saturated carbocycles. The number of rotatable bonds is 17. The molecule has 1 aliphatic rings. The number of carbonyl (C=O) groups is 6. The van der Waals surface area contributed by atoms with Gasteiger partial charge in [0.2, 0.25) is 35.4 Å². The number of carbonyl (C=O) groups excluding carboxylic acids is 6. The molecule has 0 bridgehead atoms. The summed E-state index contributed by atoms with van der Waals surface area (Å²) in [6.07, 6.45) is 2.23. The Labute approximate surface area is 265 Å². The van der Waals surface area contributed by atoms with Crippen molar-refractivity contribution in [3.05, 3.63) is 18.2 Å². The Morgan fingerprint density at radius 2 is 1.65 bits per heavy atom. The van der Waals surface area contributed by atoms with E-state index >= 15 is 0 Å². The lowest BCUT2D eigenvalue weighted by Gasteiger charge is -2.28. The number of phosphoric acid groups is 1. The maximum atomic E-state index is 13.5. The van der Waals surface area contributed by atoms with Gasteiger partial charge in [0.15, 0.2) is 0 Å². The summed E-state index contributed by atoms with van der Waals surface area (Å²) in [6, 6.07) is -6.67. The number of amides is 6. The van der Waals surface area contributed by atoms with E-state index in [1.54, 1.807) is 0 Å². The van der Waals surface area contributed by atoms with Crippen LogP contribution >= 0.6 is 7.82 Å². The summed E-state index contributed by atoms with van der Waals surface area (Å²) in [4.78, 5) is 103. The molecule has 1 aromatic rings. The molecule has 19 nitrogen and oxygen atoms in total. The van der Waals surface area contributed by atoms with Crippen LogP contribution in [-0.4, -0.2) is 115 Å². The SMILES string of the molecule is CC(=O)N1CCCC1C(=O)N[C@@H](CC(C)C)C(=O)N[C@@H](Cc1cnc[nH]1)C(=O)N[C@@H](CO)C(=O)NC(C(N)=O)[C@@H](C)OP(=O)(O)O. The molecule has 2 heterocycles. The fourth-order valence-corrected chi connectivity index (χ4v) is 5.46. The molecular weight excluding hydrogens is 631 g/mol. The second-order valence-electron chi connectivity index (χ2n) is 11.3. The fraction of sp³-hybridized carbons (Fsp3) is 0.654. The summed E-state index contributed by atoms with van der Waals surface area (Å²) in [5.74, 6) is -4.89. The van der Waals surface area contributed by atoms with Gasteiger partial charge in [-0.25, -0.2) is 9.55 Å². The van der Waals surface area contributed by atoms with Crippen molar-refractivity contribution in [1.82, 2.24) is 36.1 Å². The zero-order valence-electron chi connectivity index (χ0n) is 26.0. The summed E-state index contributed by atoms with van der Waals surface area (Å²) in [5, 5.41) is 19.5. The number of nitrogens with two attached hydrogens (primary N) is 1. The highest BCUT2D eigenvalue weighted by Crippen LogP contribution is 2.38. The Kier molecular flexibility index (Phi) is 14.3. The average Bonchev–Trinajstić information content (AvgIpc) is 3.64. The van der Waals surface area contributed by atoms with E-state index in [4.69, 9.17) is 15.5 Å². The standard InChI is InChI=1S/C26H43N8O11P/c1-13(2)8-17(31-26(41)20-6-5-7-34(20)15(4)36)23(38)30-18(9-16-10-28-12-29-16)24(39)32-19(11-35)25(40)33-21(22(27)37)14(3)45-46(42,43)44/h10,12-14,17-21,35H,5-9,11H2,1-4H3,(H2,27,37)(H,28,29)(H,30,38)(H,31,41)(H,32,39)(H,33,40)(H2,42,43,44)/t14-,17+,18+,19+,20?,21?/m1/s1. The van der Waals surface area contributed by atoms with E-state index in [0.29, 0.717) is 25.1 Å². The summed E-state index contributed by atoms with van der Waals surface area (Å²) in [7, 11) is -5.08. The normalized spacial score (nSPS) is 18.2. The number of nitrogens with one attached hydrogen (secondary N) is 5. The Morgan fingerprint density at radius 1 is 1.04 bits per heavy atom. The van der Waals surface area contributed by atoms with Crippen molar-refractivity contribution in [2.75, 3.05) is 13.2 Å². The molecule has 1 aliphatic heterocycles. The van der Waals surface area contributed by atoms with Crippen LogP contribution in [0.3, 0.4) is 0 Å². The van der Waals surface area contributed by atoms with Gasteiger partial charge in [-0.15, -0.1) is 0 Å². The highest BCUT2D eigenvalue weighted by atomic mass is 31.2. The largest absolute Gasteiger partial charge is 0.469 e. The molecule has 2 unspecified atom stereocenters. The van der Waals surface area contributed by atoms with Crippen LogP contribution in [0.1, 0.15) is 52.7 Å². The Hall–Kier alpha value is -3.90. The summed E-state index contributed by atoms with van der Waals surface area (Å²) in [5.41, 5.74) is 5.66. The molecule has 6 atom stereocenters. The third-order valence-electron chi connectivity index (χ3n) is 7.10. The highest BCUT2D eigenvalue weighted by Gasteiger charge is 2.37. The minimum absolute atomic E-state index is 0.0685. The molecular formula is C26H43N8O11P. The number of H-pyrrole nitrogens is 1. The monoisotopic (exact) mass is 674 g/mol. The van der Waals surface area contributed by atoms with E-state index in [1.165, 1.54) is 24.3 Å². The van der Waals surface area contributed by atoms with E-state index in [-0.39, 0.29) is 24.7 Å². The van der Waals surface area contributed by atoms with Gasteiger partial charge < -0.3 is 51.8 Å². The van der Waals surface area contributed by atoms with E-state index in [2.05, 4.69) is 35.8 Å². The van der Waals surface area contributed by atoms with Crippen LogP contribution in [0.15, 0.2) is 12.5 Å². The van der Waals surface area contributed by atoms with Crippen molar-refractivity contribution in [3.8, 4) is 0 Å². The highest BCUT2D eigenvalue weighted by molar-refractivity contribution is 7.46. The molecule has 0 radical (unpaired) electrons. The maximum absolute atomic E-state index is 13.5. The minimum Gasteiger partial charge on any atom is -0.394 e. The molecule has 1 fully saturated rings. The Balaban J connectivity index is 2.23. The zero-order chi connectivity index (χ0) is 34.8. The lowest BCUT2D eigenvalue weighted by Crippen LogP contribution is -2.61. The molecule has 1 aromatic heterocycles. The lowest BCUT2D eigenvalue weighted by molar-refractivity contribution is -0.139. The summed E-state index contributed by atoms with van der Waals surface area (Å²) >= 11 is 0. The molecule has 0 aromatic carbocycles. The first-order chi connectivity index (χ1) is 21.4. The van der Waals surface area contributed by atoms with Gasteiger partial charge in [-0.3, -0.25) is 33.3 Å². The molecule has 258 valence electrons. The van der Waals surface area contributed by atoms with E-state index < -0.39 is 80.3 Å². The van der Waals surface area contributed by atoms with Gasteiger partial charge in [-0.05, 0) is 32.1 Å². The molecule has 10 N–H and O–H groups in total. The minimum atomic E-state index is -5.08. The Morgan fingerprint density at radius 3 is 2.17 bits per heavy atom. The van der Waals surface area contributed by atoms with Crippen LogP contribution in [0.2, 0.25) is 0 Å². The number of hydrogen-bond donors (Lipinski definition) is 9. The number of nitrogens with zero attached hydrogens (tertiary/aromatic N) is 2. The second kappa shape index (κ2) is 17.1. The molecule has 2 rings (SSSR count). The third kappa shape index (κ3) is 11.8. The van der Waals surface area contributed by atoms with Crippen LogP contribution in [0, 0.1) is 5.92 Å². The van der Waals surface area contributed by atoms with E-state index in [9.17, 15) is 38.4 Å². The van der Waals surface area contributed by atoms with E-state index in [1.807, 2.05) is 13.8 Å². The first-order valence-corrected chi connectivity index (χ1v) is 16.1. The summed E-state index contributed by atoms with van der Waals surface area (Å²) < 4.78 is 15.6. The maximum Gasteiger partial charge on any atom is 0.469 e. The van der Waals surface area contributed by atoms with Gasteiger partial charge in [0.25, 0.3) is 0 Å². The lowest BCUT2D eigenvalue weighted by atomic mass is 10.0. The van der Waals surface area contributed by atoms with Crippen LogP contribution < -0.4 is 27.0 Å². The molecule has 1 saturated heterocycles. The van der Waals surface area contributed by atoms with E-state index in [0.717, 1.165) is 6.92 Å². The number of aromatic amines is 1. The number of primary amides is 1. The molecule has 0 aliphatic carbocycles. The van der Waals surface area contributed by atoms with Crippen molar-refractivity contribution in [3.63, 3.8) is 0 Å². The number of aromatic nitrogens is 2. The first kappa shape index (κ1) is 38.3. The van der Waals surface area contributed by atoms with Gasteiger partial charge in [0, 0.05) is 31.8 Å². The van der Waals surface area contributed by atoms with Gasteiger partial charge in [-0.2, -0.15) is 0 Å². The average molecular weight is 675 g/mol. The van der Waals surface area contributed by atoms with Crippen molar-refractivity contribution in [2.24, 2.45) is 11.7 Å². The van der Waals surface area contributed by atoms with Gasteiger partial charge >= 0.3 is 7.82 Å². The predicted octanol–water partition coefficient (Wildman–Crippen LogP) is -3.08. The quantitative estimate of drug-likeness (QED) is 0.0744. The van der Waals surface area contributed by atoms with Crippen LogP contribution in [0.5, 0.6) is 0 Å². The molecule has 0 spiro atoms. The van der Waals surface area contributed by atoms with Gasteiger partial charge in [-0.1, -0.05) is 13.8 Å². The van der Waals surface area contributed by atoms with Crippen molar-refractivity contribution in [1.29, 1.82) is 0 Å². The topological polar surface area (TPSA) is 295 Å². The number of imidazole rings is 1. The Bertz CT molecular complexity index is 1290. The fourth-order valence-electron chi connectivity index (χ4n) is 4.90. The van der Waals surface area contributed by atoms with Gasteiger partial charge in [0.05, 0.1) is 19.0 Å². The number of aliphatic hydroxyl groups is 1. The van der Waals surface area contributed by atoms with Crippen molar-refractivity contribution < 1.29 is 52.7 Å². The smallest absolute Gasteiger partial charge is 0.394 e. The van der Waals surface area contributed by atoms with Crippen LogP contribution in [0.25, 0.3) is 0 Å².